The molecule has 0 aliphatic heterocycles. The fraction of sp³-hybridized carbons (Fsp3) is 0.350. The second kappa shape index (κ2) is 10.2. The number of nitrogens with two attached hydrogens (primary N) is 1. The lowest BCUT2D eigenvalue weighted by molar-refractivity contribution is 0.354. The molecule has 0 heterocycles. The number of guanidine groups is 1. The Bertz CT molecular complexity index is 778. The normalized spacial score (nSPS) is 11.0. The molecule has 2 aromatic rings. The van der Waals surface area contributed by atoms with Gasteiger partial charge < -0.3 is 30.0 Å². The SMILES string of the molecule is COc1ccc(CCCN=C(N)Nc2ccc(OC)c(OC)c2)cc1OC. The van der Waals surface area contributed by atoms with Crippen molar-refractivity contribution in [3.8, 4) is 23.0 Å². The van der Waals surface area contributed by atoms with Crippen LogP contribution in [0.25, 0.3) is 0 Å². The Balaban J connectivity index is 1.87. The van der Waals surface area contributed by atoms with Gasteiger partial charge in [0, 0.05) is 18.3 Å². The maximum absolute atomic E-state index is 5.96. The van der Waals surface area contributed by atoms with Crippen LogP contribution in [0.15, 0.2) is 41.4 Å². The van der Waals surface area contributed by atoms with Crippen molar-refractivity contribution in [3.05, 3.63) is 42.0 Å². The maximum atomic E-state index is 5.96. The molecule has 7 nitrogen and oxygen atoms in total. The standard InChI is InChI=1S/C20H27N3O4/c1-24-16-9-7-14(12-18(16)26-3)6-5-11-22-20(21)23-15-8-10-17(25-2)19(13-15)27-4/h7-10,12-13H,5-6,11H2,1-4H3,(H3,21,22,23). The highest BCUT2D eigenvalue weighted by atomic mass is 16.5. The summed E-state index contributed by atoms with van der Waals surface area (Å²) in [6, 6.07) is 11.4. The third-order valence-corrected chi connectivity index (χ3v) is 4.01. The molecule has 0 spiro atoms. The summed E-state index contributed by atoms with van der Waals surface area (Å²) in [6.07, 6.45) is 1.73. The first-order valence-electron chi connectivity index (χ1n) is 8.61. The molecule has 0 aromatic heterocycles. The van der Waals surface area contributed by atoms with Crippen LogP contribution < -0.4 is 30.0 Å². The molecule has 0 fully saturated rings. The largest absolute Gasteiger partial charge is 0.493 e. The first-order valence-corrected chi connectivity index (χ1v) is 8.61. The molecule has 0 radical (unpaired) electrons. The molecule has 27 heavy (non-hydrogen) atoms. The highest BCUT2D eigenvalue weighted by Crippen LogP contribution is 2.30. The molecule has 7 heteroatoms. The van der Waals surface area contributed by atoms with Gasteiger partial charge in [0.2, 0.25) is 0 Å². The highest BCUT2D eigenvalue weighted by molar-refractivity contribution is 5.92. The molecule has 0 aliphatic rings. The quantitative estimate of drug-likeness (QED) is 0.399. The Morgan fingerprint density at radius 1 is 0.852 bits per heavy atom. The number of aryl methyl sites for hydroxylation is 1. The number of rotatable bonds is 9. The van der Waals surface area contributed by atoms with Crippen LogP contribution >= 0.6 is 0 Å². The van der Waals surface area contributed by atoms with E-state index in [-0.39, 0.29) is 0 Å². The van der Waals surface area contributed by atoms with Gasteiger partial charge in [-0.1, -0.05) is 6.07 Å². The Morgan fingerprint density at radius 3 is 2.07 bits per heavy atom. The lowest BCUT2D eigenvalue weighted by Gasteiger charge is -2.11. The summed E-state index contributed by atoms with van der Waals surface area (Å²) < 4.78 is 21.1. The number of aliphatic imine (C=N–C) groups is 1. The van der Waals surface area contributed by atoms with Gasteiger partial charge in [-0.2, -0.15) is 0 Å². The minimum Gasteiger partial charge on any atom is -0.493 e. The van der Waals surface area contributed by atoms with Gasteiger partial charge in [0.25, 0.3) is 0 Å². The third-order valence-electron chi connectivity index (χ3n) is 4.01. The van der Waals surface area contributed by atoms with Crippen molar-refractivity contribution in [2.45, 2.75) is 12.8 Å². The maximum Gasteiger partial charge on any atom is 0.193 e. The summed E-state index contributed by atoms with van der Waals surface area (Å²) in [4.78, 5) is 4.36. The van der Waals surface area contributed by atoms with E-state index in [2.05, 4.69) is 10.3 Å². The number of nitrogens with one attached hydrogen (secondary N) is 1. The van der Waals surface area contributed by atoms with Gasteiger partial charge in [-0.05, 0) is 42.7 Å². The molecule has 0 saturated heterocycles. The average Bonchev–Trinajstić information content (AvgIpc) is 2.70. The van der Waals surface area contributed by atoms with E-state index in [0.717, 1.165) is 35.6 Å². The van der Waals surface area contributed by atoms with Crippen LogP contribution in [0.2, 0.25) is 0 Å². The van der Waals surface area contributed by atoms with Crippen LogP contribution in [-0.4, -0.2) is 40.9 Å². The third kappa shape index (κ3) is 5.70. The number of hydrogen-bond acceptors (Lipinski definition) is 5. The average molecular weight is 373 g/mol. The zero-order valence-electron chi connectivity index (χ0n) is 16.2. The van der Waals surface area contributed by atoms with Crippen LogP contribution in [0.4, 0.5) is 5.69 Å². The first-order chi connectivity index (χ1) is 13.1. The van der Waals surface area contributed by atoms with Crippen molar-refractivity contribution in [3.63, 3.8) is 0 Å². The van der Waals surface area contributed by atoms with E-state index in [1.165, 1.54) is 0 Å². The first kappa shape index (κ1) is 20.2. The van der Waals surface area contributed by atoms with E-state index in [1.807, 2.05) is 36.4 Å². The number of benzene rings is 2. The summed E-state index contributed by atoms with van der Waals surface area (Å²) in [5, 5.41) is 3.06. The highest BCUT2D eigenvalue weighted by Gasteiger charge is 2.06. The van der Waals surface area contributed by atoms with Crippen LogP contribution in [0.5, 0.6) is 23.0 Å². The van der Waals surface area contributed by atoms with Gasteiger partial charge in [0.05, 0.1) is 28.4 Å². The smallest absolute Gasteiger partial charge is 0.193 e. The molecule has 0 saturated carbocycles. The zero-order valence-corrected chi connectivity index (χ0v) is 16.2. The van der Waals surface area contributed by atoms with E-state index in [4.69, 9.17) is 24.7 Å². The van der Waals surface area contributed by atoms with Crippen LogP contribution in [0.1, 0.15) is 12.0 Å². The van der Waals surface area contributed by atoms with E-state index < -0.39 is 0 Å². The topological polar surface area (TPSA) is 87.3 Å². The fourth-order valence-electron chi connectivity index (χ4n) is 2.62. The summed E-state index contributed by atoms with van der Waals surface area (Å²) in [5.41, 5.74) is 7.91. The monoisotopic (exact) mass is 373 g/mol. The molecular formula is C20H27N3O4. The second-order valence-electron chi connectivity index (χ2n) is 5.75. The summed E-state index contributed by atoms with van der Waals surface area (Å²) in [5.74, 6) is 3.10. The number of hydrogen-bond donors (Lipinski definition) is 2. The van der Waals surface area contributed by atoms with Crippen LogP contribution in [0.3, 0.4) is 0 Å². The predicted molar refractivity (Wildman–Crippen MR) is 108 cm³/mol. The van der Waals surface area contributed by atoms with Crippen molar-refractivity contribution >= 4 is 11.6 Å². The Hall–Kier alpha value is -3.09. The molecule has 0 unspecified atom stereocenters. The van der Waals surface area contributed by atoms with Crippen LogP contribution in [0, 0.1) is 0 Å². The predicted octanol–water partition coefficient (Wildman–Crippen LogP) is 3.08. The molecular weight excluding hydrogens is 346 g/mol. The molecule has 2 rings (SSSR count). The molecule has 0 atom stereocenters. The van der Waals surface area contributed by atoms with Gasteiger partial charge in [0.1, 0.15) is 0 Å². The number of nitrogens with zero attached hydrogens (tertiary/aromatic N) is 1. The van der Waals surface area contributed by atoms with E-state index in [1.54, 1.807) is 28.4 Å². The lowest BCUT2D eigenvalue weighted by Crippen LogP contribution is -2.22. The minimum absolute atomic E-state index is 0.356. The molecule has 2 aromatic carbocycles. The van der Waals surface area contributed by atoms with Gasteiger partial charge in [0.15, 0.2) is 29.0 Å². The summed E-state index contributed by atoms with van der Waals surface area (Å²) in [7, 11) is 6.44. The lowest BCUT2D eigenvalue weighted by atomic mass is 10.1. The summed E-state index contributed by atoms with van der Waals surface area (Å²) >= 11 is 0. The van der Waals surface area contributed by atoms with Gasteiger partial charge in [-0.25, -0.2) is 0 Å². The number of ether oxygens (including phenoxy) is 4. The Morgan fingerprint density at radius 2 is 1.44 bits per heavy atom. The second-order valence-corrected chi connectivity index (χ2v) is 5.75. The van der Waals surface area contributed by atoms with Gasteiger partial charge in [-0.15, -0.1) is 0 Å². The summed E-state index contributed by atoms with van der Waals surface area (Å²) in [6.45, 7) is 0.612. The van der Waals surface area contributed by atoms with Crippen molar-refractivity contribution in [2.75, 3.05) is 40.3 Å². The molecule has 3 N–H and O–H groups in total. The number of methoxy groups -OCH3 is 4. The number of anilines is 1. The van der Waals surface area contributed by atoms with Crippen molar-refractivity contribution < 1.29 is 18.9 Å². The Labute approximate surface area is 160 Å². The van der Waals surface area contributed by atoms with Crippen molar-refractivity contribution in [1.29, 1.82) is 0 Å². The minimum atomic E-state index is 0.356. The van der Waals surface area contributed by atoms with E-state index in [0.29, 0.717) is 24.0 Å². The van der Waals surface area contributed by atoms with E-state index >= 15 is 0 Å². The molecule has 0 amide bonds. The van der Waals surface area contributed by atoms with Gasteiger partial charge >= 0.3 is 0 Å². The van der Waals surface area contributed by atoms with Crippen molar-refractivity contribution in [2.24, 2.45) is 10.7 Å². The Kier molecular flexibility index (Phi) is 7.61. The van der Waals surface area contributed by atoms with Crippen LogP contribution in [-0.2, 0) is 6.42 Å². The van der Waals surface area contributed by atoms with Crippen molar-refractivity contribution in [1.82, 2.24) is 0 Å². The van der Waals surface area contributed by atoms with Gasteiger partial charge in [-0.3, -0.25) is 4.99 Å². The van der Waals surface area contributed by atoms with E-state index in [9.17, 15) is 0 Å². The zero-order chi connectivity index (χ0) is 19.6. The molecule has 0 bridgehead atoms. The molecule has 146 valence electrons. The fourth-order valence-corrected chi connectivity index (χ4v) is 2.62. The molecule has 0 aliphatic carbocycles.